The van der Waals surface area contributed by atoms with Gasteiger partial charge in [-0.1, -0.05) is 25.1 Å². The van der Waals surface area contributed by atoms with Crippen molar-refractivity contribution in [1.82, 2.24) is 0 Å². The van der Waals surface area contributed by atoms with Gasteiger partial charge in [0.25, 0.3) is 0 Å². The van der Waals surface area contributed by atoms with E-state index in [9.17, 15) is 9.90 Å². The molecular formula is C14H18O4. The summed E-state index contributed by atoms with van der Waals surface area (Å²) in [5.74, 6) is 0.0195. The minimum absolute atomic E-state index is 0.260. The van der Waals surface area contributed by atoms with Crippen LogP contribution in [0.4, 0.5) is 0 Å². The van der Waals surface area contributed by atoms with Crippen molar-refractivity contribution in [2.24, 2.45) is 0 Å². The van der Waals surface area contributed by atoms with Crippen molar-refractivity contribution in [2.45, 2.75) is 38.4 Å². The molecule has 0 spiro atoms. The Morgan fingerprint density at radius 2 is 2.06 bits per heavy atom. The highest BCUT2D eigenvalue weighted by atomic mass is 16.6. The zero-order valence-corrected chi connectivity index (χ0v) is 10.9. The monoisotopic (exact) mass is 250 g/mol. The molecule has 1 heterocycles. The number of rotatable bonds is 3. The van der Waals surface area contributed by atoms with E-state index in [0.717, 1.165) is 0 Å². The number of benzene rings is 1. The van der Waals surface area contributed by atoms with E-state index in [2.05, 4.69) is 0 Å². The van der Waals surface area contributed by atoms with Crippen LogP contribution in [-0.4, -0.2) is 23.3 Å². The smallest absolute Gasteiger partial charge is 0.353 e. The highest BCUT2D eigenvalue weighted by Crippen LogP contribution is 2.49. The van der Waals surface area contributed by atoms with Crippen LogP contribution in [0.15, 0.2) is 24.3 Å². The molecule has 1 N–H and O–H groups in total. The van der Waals surface area contributed by atoms with Gasteiger partial charge in [0.2, 0.25) is 5.60 Å². The van der Waals surface area contributed by atoms with Crippen molar-refractivity contribution < 1.29 is 19.4 Å². The number of hydrogen-bond donors (Lipinski definition) is 1. The molecule has 4 heteroatoms. The lowest BCUT2D eigenvalue weighted by Crippen LogP contribution is -2.56. The van der Waals surface area contributed by atoms with Gasteiger partial charge in [-0.15, -0.1) is 0 Å². The van der Waals surface area contributed by atoms with Gasteiger partial charge in [-0.3, -0.25) is 0 Å². The van der Waals surface area contributed by atoms with E-state index >= 15 is 0 Å². The Kier molecular flexibility index (Phi) is 3.07. The first-order valence-electron chi connectivity index (χ1n) is 6.17. The zero-order chi connectivity index (χ0) is 13.4. The van der Waals surface area contributed by atoms with Gasteiger partial charge in [0.1, 0.15) is 11.4 Å². The van der Waals surface area contributed by atoms with E-state index in [1.165, 1.54) is 0 Å². The number of ether oxygens (including phenoxy) is 2. The minimum atomic E-state index is -1.38. The molecule has 98 valence electrons. The van der Waals surface area contributed by atoms with Gasteiger partial charge in [-0.05, 0) is 26.3 Å². The summed E-state index contributed by atoms with van der Waals surface area (Å²) in [5, 5.41) is 10.7. The Bertz CT molecular complexity index is 467. The van der Waals surface area contributed by atoms with Gasteiger partial charge in [0.15, 0.2) is 0 Å². The molecule has 1 aliphatic rings. The number of para-hydroxylation sites is 1. The van der Waals surface area contributed by atoms with Gasteiger partial charge in [0, 0.05) is 5.56 Å². The Balaban J connectivity index is 2.50. The van der Waals surface area contributed by atoms with Crippen molar-refractivity contribution >= 4 is 5.97 Å². The molecule has 0 radical (unpaired) electrons. The predicted octanol–water partition coefficient (Wildman–Crippen LogP) is 2.00. The maximum atomic E-state index is 12.2. The van der Waals surface area contributed by atoms with Gasteiger partial charge in [-0.25, -0.2) is 4.79 Å². The van der Waals surface area contributed by atoms with E-state index in [0.29, 0.717) is 17.7 Å². The van der Waals surface area contributed by atoms with Crippen LogP contribution in [0.5, 0.6) is 5.75 Å². The van der Waals surface area contributed by atoms with Crippen LogP contribution in [0.3, 0.4) is 0 Å². The molecule has 0 fully saturated rings. The quantitative estimate of drug-likeness (QED) is 0.834. The molecule has 2 unspecified atom stereocenters. The summed E-state index contributed by atoms with van der Waals surface area (Å²) in [6.07, 6.45) is 0.341. The fraction of sp³-hybridized carbons (Fsp3) is 0.500. The van der Waals surface area contributed by atoms with Crippen LogP contribution in [0, 0.1) is 0 Å². The third-order valence-electron chi connectivity index (χ3n) is 3.59. The van der Waals surface area contributed by atoms with E-state index in [1.807, 2.05) is 12.1 Å². The Labute approximate surface area is 107 Å². The standard InChI is InChI=1S/C14H18O4/c1-4-14(12(15)17-5-2)13(3,16)10-8-6-7-9-11(10)18-14/h6-9,16H,4-5H2,1-3H3. The fourth-order valence-electron chi connectivity index (χ4n) is 2.51. The number of carbonyl (C=O) groups excluding carboxylic acids is 1. The molecule has 0 bridgehead atoms. The SMILES string of the molecule is CCOC(=O)C1(CC)Oc2ccccc2C1(C)O. The molecule has 1 aromatic rings. The van der Waals surface area contributed by atoms with Crippen molar-refractivity contribution in [3.63, 3.8) is 0 Å². The average molecular weight is 250 g/mol. The second-order valence-electron chi connectivity index (χ2n) is 4.57. The van der Waals surface area contributed by atoms with Crippen LogP contribution in [0.2, 0.25) is 0 Å². The molecule has 0 amide bonds. The maximum absolute atomic E-state index is 12.2. The first-order valence-corrected chi connectivity index (χ1v) is 6.17. The number of fused-ring (bicyclic) bond motifs is 1. The Hall–Kier alpha value is -1.55. The highest BCUT2D eigenvalue weighted by Gasteiger charge is 2.61. The van der Waals surface area contributed by atoms with Crippen LogP contribution in [0.1, 0.15) is 32.8 Å². The Morgan fingerprint density at radius 1 is 1.39 bits per heavy atom. The van der Waals surface area contributed by atoms with Crippen molar-refractivity contribution in [3.8, 4) is 5.75 Å². The van der Waals surface area contributed by atoms with Crippen molar-refractivity contribution in [1.29, 1.82) is 0 Å². The largest absolute Gasteiger partial charge is 0.472 e. The molecule has 2 rings (SSSR count). The second kappa shape index (κ2) is 4.28. The molecule has 0 aliphatic carbocycles. The molecule has 0 aromatic heterocycles. The molecular weight excluding hydrogens is 232 g/mol. The van der Waals surface area contributed by atoms with E-state index in [1.54, 1.807) is 32.9 Å². The molecule has 0 saturated carbocycles. The summed E-state index contributed by atoms with van der Waals surface area (Å²) in [6.45, 7) is 5.39. The van der Waals surface area contributed by atoms with Crippen molar-refractivity contribution in [2.75, 3.05) is 6.61 Å². The summed E-state index contributed by atoms with van der Waals surface area (Å²) in [7, 11) is 0. The van der Waals surface area contributed by atoms with E-state index in [-0.39, 0.29) is 6.61 Å². The highest BCUT2D eigenvalue weighted by molar-refractivity contribution is 5.84. The average Bonchev–Trinajstić information content (AvgIpc) is 2.59. The molecule has 4 nitrogen and oxygen atoms in total. The summed E-state index contributed by atoms with van der Waals surface area (Å²) < 4.78 is 10.8. The summed E-state index contributed by atoms with van der Waals surface area (Å²) in [5.41, 5.74) is -2.11. The lowest BCUT2D eigenvalue weighted by atomic mass is 9.79. The third-order valence-corrected chi connectivity index (χ3v) is 3.59. The summed E-state index contributed by atoms with van der Waals surface area (Å²) in [4.78, 5) is 12.2. The normalized spacial score (nSPS) is 29.6. The van der Waals surface area contributed by atoms with Crippen LogP contribution in [0.25, 0.3) is 0 Å². The molecule has 18 heavy (non-hydrogen) atoms. The van der Waals surface area contributed by atoms with Gasteiger partial charge >= 0.3 is 5.97 Å². The first kappa shape index (κ1) is 12.9. The molecule has 1 aliphatic heterocycles. The van der Waals surface area contributed by atoms with E-state index in [4.69, 9.17) is 9.47 Å². The summed E-state index contributed by atoms with van der Waals surface area (Å²) in [6, 6.07) is 7.14. The van der Waals surface area contributed by atoms with Gasteiger partial charge in [-0.2, -0.15) is 0 Å². The number of hydrogen-bond acceptors (Lipinski definition) is 4. The lowest BCUT2D eigenvalue weighted by molar-refractivity contribution is -0.183. The molecule has 2 atom stereocenters. The van der Waals surface area contributed by atoms with Gasteiger partial charge < -0.3 is 14.6 Å². The predicted molar refractivity (Wildman–Crippen MR) is 66.3 cm³/mol. The summed E-state index contributed by atoms with van der Waals surface area (Å²) >= 11 is 0. The molecule has 0 saturated heterocycles. The lowest BCUT2D eigenvalue weighted by Gasteiger charge is -2.35. The first-order chi connectivity index (χ1) is 8.49. The second-order valence-corrected chi connectivity index (χ2v) is 4.57. The van der Waals surface area contributed by atoms with E-state index < -0.39 is 17.2 Å². The van der Waals surface area contributed by atoms with Crippen LogP contribution < -0.4 is 4.74 Å². The Morgan fingerprint density at radius 3 is 2.61 bits per heavy atom. The van der Waals surface area contributed by atoms with Crippen molar-refractivity contribution in [3.05, 3.63) is 29.8 Å². The molecule has 1 aromatic carbocycles. The third kappa shape index (κ3) is 1.52. The topological polar surface area (TPSA) is 55.8 Å². The fourth-order valence-corrected chi connectivity index (χ4v) is 2.51. The number of carbonyl (C=O) groups is 1. The zero-order valence-electron chi connectivity index (χ0n) is 10.9. The van der Waals surface area contributed by atoms with Crippen LogP contribution >= 0.6 is 0 Å². The maximum Gasteiger partial charge on any atom is 0.353 e. The minimum Gasteiger partial charge on any atom is -0.472 e. The number of aliphatic hydroxyl groups is 1. The number of esters is 1. The van der Waals surface area contributed by atoms with Crippen LogP contribution in [-0.2, 0) is 15.1 Å². The van der Waals surface area contributed by atoms with Gasteiger partial charge in [0.05, 0.1) is 6.61 Å².